The molecule has 1 heterocycles. The van der Waals surface area contributed by atoms with Crippen molar-refractivity contribution in [2.75, 3.05) is 19.6 Å². The Hall–Kier alpha value is -0.830. The van der Waals surface area contributed by atoms with Crippen molar-refractivity contribution in [1.82, 2.24) is 10.2 Å². The summed E-state index contributed by atoms with van der Waals surface area (Å²) >= 11 is 0. The van der Waals surface area contributed by atoms with Crippen LogP contribution < -0.4 is 5.32 Å². The fourth-order valence-electron chi connectivity index (χ4n) is 3.76. The van der Waals surface area contributed by atoms with Gasteiger partial charge in [0.1, 0.15) is 0 Å². The minimum Gasteiger partial charge on any atom is -0.341 e. The van der Waals surface area contributed by atoms with E-state index in [1.54, 1.807) is 0 Å². The molecule has 3 rings (SSSR count). The lowest BCUT2D eigenvalue weighted by molar-refractivity contribution is -0.132. The van der Waals surface area contributed by atoms with Crippen LogP contribution in [0.3, 0.4) is 0 Å². The van der Waals surface area contributed by atoms with Gasteiger partial charge in [0.25, 0.3) is 0 Å². The molecule has 0 aromatic rings. The lowest BCUT2D eigenvalue weighted by Crippen LogP contribution is -2.45. The molecule has 1 saturated carbocycles. The molecule has 2 aliphatic carbocycles. The molecule has 100 valence electrons. The van der Waals surface area contributed by atoms with Crippen molar-refractivity contribution < 1.29 is 4.79 Å². The lowest BCUT2D eigenvalue weighted by Gasteiger charge is -2.24. The Morgan fingerprint density at radius 2 is 2.11 bits per heavy atom. The summed E-state index contributed by atoms with van der Waals surface area (Å²) in [6.07, 6.45) is 9.78. The predicted octanol–water partition coefficient (Wildman–Crippen LogP) is 1.80. The van der Waals surface area contributed by atoms with E-state index in [-0.39, 0.29) is 6.04 Å². The summed E-state index contributed by atoms with van der Waals surface area (Å²) in [5, 5.41) is 3.46. The average Bonchev–Trinajstić information content (AvgIpc) is 3.10. The van der Waals surface area contributed by atoms with Crippen LogP contribution in [0.2, 0.25) is 0 Å². The van der Waals surface area contributed by atoms with E-state index in [1.807, 2.05) is 11.8 Å². The number of nitrogens with zero attached hydrogens (tertiary/aromatic N) is 1. The largest absolute Gasteiger partial charge is 0.341 e. The van der Waals surface area contributed by atoms with Gasteiger partial charge in [-0.15, -0.1) is 0 Å². The van der Waals surface area contributed by atoms with Gasteiger partial charge in [0.2, 0.25) is 5.91 Å². The zero-order chi connectivity index (χ0) is 12.5. The van der Waals surface area contributed by atoms with Crippen molar-refractivity contribution in [3.05, 3.63) is 12.2 Å². The van der Waals surface area contributed by atoms with Gasteiger partial charge in [-0.05, 0) is 56.9 Å². The Labute approximate surface area is 110 Å². The quantitative estimate of drug-likeness (QED) is 0.769. The Kier molecular flexibility index (Phi) is 3.42. The van der Waals surface area contributed by atoms with E-state index in [2.05, 4.69) is 17.5 Å². The average molecular weight is 248 g/mol. The third kappa shape index (κ3) is 2.33. The molecule has 1 aliphatic heterocycles. The zero-order valence-corrected chi connectivity index (χ0v) is 11.3. The zero-order valence-electron chi connectivity index (χ0n) is 11.3. The van der Waals surface area contributed by atoms with E-state index in [9.17, 15) is 4.79 Å². The molecule has 4 unspecified atom stereocenters. The van der Waals surface area contributed by atoms with Crippen LogP contribution >= 0.6 is 0 Å². The number of fused-ring (bicyclic) bond motifs is 2. The van der Waals surface area contributed by atoms with Gasteiger partial charge < -0.3 is 10.2 Å². The highest BCUT2D eigenvalue weighted by Crippen LogP contribution is 2.42. The normalized spacial score (nSPS) is 35.4. The molecular formula is C15H24N2O. The first-order valence-corrected chi connectivity index (χ1v) is 7.44. The molecular weight excluding hydrogens is 224 g/mol. The van der Waals surface area contributed by atoms with Crippen molar-refractivity contribution in [2.24, 2.45) is 17.8 Å². The molecule has 1 N–H and O–H groups in total. The number of hydrogen-bond acceptors (Lipinski definition) is 2. The molecule has 1 saturated heterocycles. The molecule has 2 bridgehead atoms. The van der Waals surface area contributed by atoms with E-state index in [4.69, 9.17) is 0 Å². The summed E-state index contributed by atoms with van der Waals surface area (Å²) in [7, 11) is 0. The number of amides is 1. The fourth-order valence-corrected chi connectivity index (χ4v) is 3.76. The molecule has 0 aromatic carbocycles. The van der Waals surface area contributed by atoms with Gasteiger partial charge in [-0.3, -0.25) is 4.79 Å². The van der Waals surface area contributed by atoms with Crippen LogP contribution in [-0.4, -0.2) is 36.5 Å². The molecule has 1 amide bonds. The molecule has 3 heteroatoms. The van der Waals surface area contributed by atoms with Crippen LogP contribution in [0.5, 0.6) is 0 Å². The second-order valence-electron chi connectivity index (χ2n) is 6.20. The van der Waals surface area contributed by atoms with Crippen molar-refractivity contribution >= 4 is 5.91 Å². The van der Waals surface area contributed by atoms with Gasteiger partial charge in [0, 0.05) is 13.1 Å². The van der Waals surface area contributed by atoms with E-state index in [0.717, 1.165) is 37.4 Å². The van der Waals surface area contributed by atoms with Crippen LogP contribution in [0.25, 0.3) is 0 Å². The second-order valence-corrected chi connectivity index (χ2v) is 6.20. The number of nitrogens with one attached hydrogen (secondary N) is 1. The molecule has 18 heavy (non-hydrogen) atoms. The first-order valence-electron chi connectivity index (χ1n) is 7.44. The summed E-state index contributed by atoms with van der Waals surface area (Å²) in [4.78, 5) is 14.2. The molecule has 0 radical (unpaired) electrons. The van der Waals surface area contributed by atoms with E-state index in [1.165, 1.54) is 25.7 Å². The van der Waals surface area contributed by atoms with E-state index in [0.29, 0.717) is 5.91 Å². The van der Waals surface area contributed by atoms with Gasteiger partial charge in [0.05, 0.1) is 6.04 Å². The number of likely N-dealkylation sites (tertiary alicyclic amines) is 1. The molecule has 4 atom stereocenters. The molecule has 3 nitrogen and oxygen atoms in total. The van der Waals surface area contributed by atoms with Crippen molar-refractivity contribution in [3.63, 3.8) is 0 Å². The Bertz CT molecular complexity index is 346. The summed E-state index contributed by atoms with van der Waals surface area (Å²) < 4.78 is 0. The second kappa shape index (κ2) is 5.04. The predicted molar refractivity (Wildman–Crippen MR) is 72.1 cm³/mol. The smallest absolute Gasteiger partial charge is 0.239 e. The molecule has 0 aromatic heterocycles. The third-order valence-electron chi connectivity index (χ3n) is 4.89. The maximum atomic E-state index is 12.2. The summed E-state index contributed by atoms with van der Waals surface area (Å²) in [6.45, 7) is 4.94. The highest BCUT2D eigenvalue weighted by molar-refractivity contribution is 5.81. The van der Waals surface area contributed by atoms with Crippen LogP contribution in [-0.2, 0) is 4.79 Å². The minimum absolute atomic E-state index is 0.00814. The van der Waals surface area contributed by atoms with Crippen LogP contribution in [0, 0.1) is 17.8 Å². The number of hydrogen-bond donors (Lipinski definition) is 1. The molecule has 2 fully saturated rings. The van der Waals surface area contributed by atoms with Gasteiger partial charge in [-0.25, -0.2) is 0 Å². The van der Waals surface area contributed by atoms with Crippen LogP contribution in [0.4, 0.5) is 0 Å². The molecule has 0 spiro atoms. The topological polar surface area (TPSA) is 32.3 Å². The maximum Gasteiger partial charge on any atom is 0.239 e. The minimum atomic E-state index is -0.00814. The van der Waals surface area contributed by atoms with Gasteiger partial charge in [0.15, 0.2) is 0 Å². The number of carbonyl (C=O) groups excluding carboxylic acids is 1. The maximum absolute atomic E-state index is 12.2. The Balaban J connectivity index is 1.45. The van der Waals surface area contributed by atoms with Crippen LogP contribution in [0.15, 0.2) is 12.2 Å². The van der Waals surface area contributed by atoms with Gasteiger partial charge in [-0.1, -0.05) is 12.2 Å². The van der Waals surface area contributed by atoms with Crippen LogP contribution in [0.1, 0.15) is 32.6 Å². The summed E-state index contributed by atoms with van der Waals surface area (Å²) in [5.41, 5.74) is 0. The number of carbonyl (C=O) groups is 1. The van der Waals surface area contributed by atoms with E-state index < -0.39 is 0 Å². The fraction of sp³-hybridized carbons (Fsp3) is 0.800. The highest BCUT2D eigenvalue weighted by Gasteiger charge is 2.35. The first kappa shape index (κ1) is 12.2. The van der Waals surface area contributed by atoms with Crippen molar-refractivity contribution in [3.8, 4) is 0 Å². The highest BCUT2D eigenvalue weighted by atomic mass is 16.2. The number of allylic oxidation sites excluding steroid dienone is 2. The molecule has 3 aliphatic rings. The van der Waals surface area contributed by atoms with Crippen molar-refractivity contribution in [2.45, 2.75) is 38.6 Å². The van der Waals surface area contributed by atoms with Crippen molar-refractivity contribution in [1.29, 1.82) is 0 Å². The Morgan fingerprint density at radius 1 is 1.33 bits per heavy atom. The monoisotopic (exact) mass is 248 g/mol. The first-order chi connectivity index (χ1) is 8.74. The SMILES string of the molecule is CC(NCC1CC2C=CC1C2)C(=O)N1CCCC1. The number of rotatable bonds is 4. The van der Waals surface area contributed by atoms with E-state index >= 15 is 0 Å². The summed E-state index contributed by atoms with van der Waals surface area (Å²) in [5.74, 6) is 2.66. The van der Waals surface area contributed by atoms with Gasteiger partial charge >= 0.3 is 0 Å². The third-order valence-corrected chi connectivity index (χ3v) is 4.89. The lowest BCUT2D eigenvalue weighted by atomic mass is 9.93. The standard InChI is InChI=1S/C15H24N2O/c1-11(15(18)17-6-2-3-7-17)16-10-14-9-12-4-5-13(14)8-12/h4-5,11-14,16H,2-3,6-10H2,1H3. The Morgan fingerprint density at radius 3 is 2.72 bits per heavy atom. The summed E-state index contributed by atoms with van der Waals surface area (Å²) in [6, 6.07) is -0.00814. The van der Waals surface area contributed by atoms with Gasteiger partial charge in [-0.2, -0.15) is 0 Å².